The maximum Gasteiger partial charge on any atom is 0.322 e. The van der Waals surface area contributed by atoms with Crippen LogP contribution in [-0.4, -0.2) is 29.5 Å². The molecule has 0 amide bonds. The van der Waals surface area contributed by atoms with Crippen molar-refractivity contribution in [2.75, 3.05) is 5.73 Å². The molecule has 5 heterocycles. The molecule has 2 N–H and O–H groups in total. The zero-order chi connectivity index (χ0) is 27.8. The fourth-order valence-corrected chi connectivity index (χ4v) is 7.11. The van der Waals surface area contributed by atoms with Crippen LogP contribution in [0.2, 0.25) is 0 Å². The number of nitrogen functional groups attached to an aromatic ring is 1. The Labute approximate surface area is 260 Å². The number of ether oxygens (including phenoxy) is 1. The van der Waals surface area contributed by atoms with E-state index in [1.807, 2.05) is 19.1 Å². The van der Waals surface area contributed by atoms with Crippen LogP contribution in [0.25, 0.3) is 33.4 Å². The Kier molecular flexibility index (Phi) is 8.07. The largest absolute Gasteiger partial charge is 0.421 e. The van der Waals surface area contributed by atoms with Gasteiger partial charge in [0.05, 0.1) is 19.2 Å². The van der Waals surface area contributed by atoms with E-state index in [0.717, 1.165) is 46.7 Å². The van der Waals surface area contributed by atoms with Gasteiger partial charge in [-0.3, -0.25) is 0 Å². The average molecular weight is 793 g/mol. The number of benzene rings is 1. The molecule has 0 radical (unpaired) electrons. The van der Waals surface area contributed by atoms with Gasteiger partial charge in [0.25, 0.3) is 0 Å². The van der Waals surface area contributed by atoms with Crippen molar-refractivity contribution in [2.24, 2.45) is 0 Å². The van der Waals surface area contributed by atoms with Gasteiger partial charge in [-0.25, -0.2) is 29.3 Å². The zero-order valence-corrected chi connectivity index (χ0v) is 26.9. The third-order valence-corrected chi connectivity index (χ3v) is 10.9. The third kappa shape index (κ3) is 5.48. The number of halogens is 3. The van der Waals surface area contributed by atoms with Gasteiger partial charge in [-0.15, -0.1) is 0 Å². The van der Waals surface area contributed by atoms with E-state index in [1.165, 1.54) is 12.4 Å². The number of pyridine rings is 1. The van der Waals surface area contributed by atoms with Gasteiger partial charge in [0.2, 0.25) is 0 Å². The summed E-state index contributed by atoms with van der Waals surface area (Å²) in [5, 5.41) is 3.84. The Bertz CT molecular complexity index is 1840. The molecule has 0 unspecified atom stereocenters. The molecule has 0 bridgehead atoms. The van der Waals surface area contributed by atoms with Gasteiger partial charge in [0.1, 0.15) is 23.5 Å². The van der Waals surface area contributed by atoms with E-state index in [0.29, 0.717) is 29.0 Å². The van der Waals surface area contributed by atoms with E-state index in [2.05, 4.69) is 79.8 Å². The van der Waals surface area contributed by atoms with Crippen molar-refractivity contribution in [3.8, 4) is 45.3 Å². The molecular weight excluding hydrogens is 774 g/mol. The van der Waals surface area contributed by atoms with Crippen LogP contribution < -0.4 is 10.5 Å². The lowest BCUT2D eigenvalue weighted by Gasteiger charge is -2.12. The highest BCUT2D eigenvalue weighted by Crippen LogP contribution is 2.64. The summed E-state index contributed by atoms with van der Waals surface area (Å²) in [6.45, 7) is 2.52. The molecule has 4 aromatic heterocycles. The van der Waals surface area contributed by atoms with Crippen LogP contribution in [0.5, 0.6) is 11.8 Å². The van der Waals surface area contributed by atoms with E-state index in [-0.39, 0.29) is 14.2 Å². The second-order valence-electron chi connectivity index (χ2n) is 8.88. The van der Waals surface area contributed by atoms with Crippen LogP contribution in [0.4, 0.5) is 10.2 Å². The highest BCUT2D eigenvalue weighted by Gasteiger charge is 2.27. The summed E-state index contributed by atoms with van der Waals surface area (Å²) in [7, 11) is 0. The van der Waals surface area contributed by atoms with Crippen LogP contribution in [-0.2, 0) is 13.0 Å². The number of hydrogen-bond donors (Lipinski definition) is 1. The van der Waals surface area contributed by atoms with Crippen LogP contribution in [0.1, 0.15) is 23.5 Å². The molecule has 1 aliphatic rings. The minimum absolute atomic E-state index is 0.0259. The van der Waals surface area contributed by atoms with Gasteiger partial charge in [-0.1, -0.05) is 6.07 Å². The summed E-state index contributed by atoms with van der Waals surface area (Å²) in [5.74, 6) is 2.98. The summed E-state index contributed by atoms with van der Waals surface area (Å²) < 4.78 is 23.0. The van der Waals surface area contributed by atoms with E-state index in [9.17, 15) is 0 Å². The van der Waals surface area contributed by atoms with Crippen molar-refractivity contribution >= 4 is 74.7 Å². The van der Waals surface area contributed by atoms with E-state index < -0.39 is 5.82 Å². The van der Waals surface area contributed by atoms with Crippen molar-refractivity contribution in [3.05, 3.63) is 71.8 Å². The summed E-state index contributed by atoms with van der Waals surface area (Å²) >= 11 is 6.38. The van der Waals surface area contributed by atoms with Crippen molar-refractivity contribution in [3.63, 3.8) is 0 Å². The summed E-state index contributed by atoms with van der Waals surface area (Å²) in [5.41, 5.74) is 12.7. The maximum atomic E-state index is 15.5. The average Bonchev–Trinajstić information content (AvgIpc) is 3.13. The van der Waals surface area contributed by atoms with Gasteiger partial charge >= 0.3 is 6.01 Å². The molecule has 0 spiro atoms. The number of aryl methyl sites for hydroxylation is 3. The van der Waals surface area contributed by atoms with Crippen LogP contribution >= 0.6 is 57.9 Å². The zero-order valence-electron chi connectivity index (χ0n) is 20.9. The minimum Gasteiger partial charge on any atom is -0.421 e. The van der Waals surface area contributed by atoms with Gasteiger partial charge in [0.15, 0.2) is 11.6 Å². The number of rotatable bonds is 4. The second-order valence-corrected chi connectivity index (χ2v) is 26.6. The van der Waals surface area contributed by atoms with Gasteiger partial charge < -0.3 is 15.0 Å². The number of anilines is 1. The standard InChI is InChI=1S/C27H19FI2N7OPS/c1-15-8-10-32-27(35-15)38-21-7-4-16(13-19(21)28)22-23-25(31)33-14-34-26(23)37-11-2-3-20-18(24(22)37)6-5-17(36-20)9-12-40-39(29)30/h4-8,10,13-14H,2-3,11H2,1H3,(H2,31,33,34). The van der Waals surface area contributed by atoms with E-state index in [4.69, 9.17) is 15.5 Å². The SMILES string of the molecule is Cc1ccnc(Oc2ccc(-c3c4n(c5ncnc(N)c35)CCCc3nc(C#CSP(I)I)ccc3-4)cc2F)n1. The number of nitrogens with two attached hydrogens (primary N) is 1. The number of nitrogens with zero attached hydrogens (tertiary/aromatic N) is 6. The molecule has 0 saturated carbocycles. The predicted molar refractivity (Wildman–Crippen MR) is 175 cm³/mol. The monoisotopic (exact) mass is 793 g/mol. The first-order valence-electron chi connectivity index (χ1n) is 12.1. The van der Waals surface area contributed by atoms with Crippen molar-refractivity contribution < 1.29 is 9.13 Å². The molecule has 0 atom stereocenters. The lowest BCUT2D eigenvalue weighted by molar-refractivity contribution is 0.410. The number of fused-ring (bicyclic) bond motifs is 5. The summed E-state index contributed by atoms with van der Waals surface area (Å²) in [4.78, 5) is 22.0. The molecule has 0 saturated heterocycles. The molecule has 200 valence electrons. The molecule has 1 aliphatic heterocycles. The molecule has 8 nitrogen and oxygen atoms in total. The van der Waals surface area contributed by atoms with Gasteiger partial charge in [-0.05, 0) is 122 Å². The smallest absolute Gasteiger partial charge is 0.322 e. The lowest BCUT2D eigenvalue weighted by atomic mass is 9.97. The first-order chi connectivity index (χ1) is 19.4. The molecule has 5 aromatic rings. The first-order valence-corrected chi connectivity index (χ1v) is 20.4. The van der Waals surface area contributed by atoms with Crippen LogP contribution in [0, 0.1) is 23.9 Å². The maximum absolute atomic E-state index is 15.5. The normalized spacial score (nSPS) is 12.4. The molecular formula is C27H19FI2N7OPS. The van der Waals surface area contributed by atoms with Crippen molar-refractivity contribution in [1.82, 2.24) is 29.5 Å². The quantitative estimate of drug-likeness (QED) is 0.112. The Balaban J connectivity index is 1.50. The van der Waals surface area contributed by atoms with Gasteiger partial charge in [0, 0.05) is 29.6 Å². The lowest BCUT2D eigenvalue weighted by Crippen LogP contribution is -2.00. The fourth-order valence-electron chi connectivity index (χ4n) is 4.78. The Hall–Kier alpha value is -2.60. The summed E-state index contributed by atoms with van der Waals surface area (Å²) in [6.07, 6.45) is 4.67. The summed E-state index contributed by atoms with van der Waals surface area (Å²) in [6, 6.07) is 10.6. The fraction of sp³-hybridized carbons (Fsp3) is 0.148. The van der Waals surface area contributed by atoms with E-state index >= 15 is 4.39 Å². The minimum atomic E-state index is -0.549. The second kappa shape index (κ2) is 11.7. The van der Waals surface area contributed by atoms with Crippen LogP contribution in [0.3, 0.4) is 0 Å². The predicted octanol–water partition coefficient (Wildman–Crippen LogP) is 7.86. The number of aromatic nitrogens is 6. The van der Waals surface area contributed by atoms with E-state index in [1.54, 1.807) is 35.8 Å². The first kappa shape index (κ1) is 27.6. The highest BCUT2D eigenvalue weighted by molar-refractivity contribution is 14.3. The van der Waals surface area contributed by atoms with Gasteiger partial charge in [-0.2, -0.15) is 0 Å². The van der Waals surface area contributed by atoms with Crippen molar-refractivity contribution in [1.29, 1.82) is 0 Å². The van der Waals surface area contributed by atoms with Crippen LogP contribution in [0.15, 0.2) is 48.9 Å². The molecule has 1 aromatic carbocycles. The molecule has 13 heteroatoms. The highest BCUT2D eigenvalue weighted by atomic mass is 127. The topological polar surface area (TPSA) is 105 Å². The molecule has 40 heavy (non-hydrogen) atoms. The van der Waals surface area contributed by atoms with Crippen molar-refractivity contribution in [2.45, 2.75) is 26.3 Å². The third-order valence-electron chi connectivity index (χ3n) is 6.38. The Morgan fingerprint density at radius 3 is 2.80 bits per heavy atom. The molecule has 0 fully saturated rings. The molecule has 0 aliphatic carbocycles. The molecule has 6 rings (SSSR count). The Morgan fingerprint density at radius 1 is 1.12 bits per heavy atom. The number of hydrogen-bond acceptors (Lipinski definition) is 8. The Morgan fingerprint density at radius 2 is 2.00 bits per heavy atom.